The molecule has 1 aliphatic carbocycles. The van der Waals surface area contributed by atoms with Gasteiger partial charge in [-0.1, -0.05) is 153 Å². The summed E-state index contributed by atoms with van der Waals surface area (Å²) in [5.74, 6) is 0. The van der Waals surface area contributed by atoms with Gasteiger partial charge in [0.15, 0.2) is 0 Å². The lowest BCUT2D eigenvalue weighted by molar-refractivity contribution is 0.660. The van der Waals surface area contributed by atoms with E-state index in [-0.39, 0.29) is 5.41 Å². The van der Waals surface area contributed by atoms with E-state index in [0.717, 1.165) is 11.4 Å². The molecular formula is C43H33N. The summed E-state index contributed by atoms with van der Waals surface area (Å²) in [6.45, 7) is 4.64. The average molecular weight is 564 g/mol. The summed E-state index contributed by atoms with van der Waals surface area (Å²) in [4.78, 5) is 0. The molecule has 0 radical (unpaired) electrons. The lowest BCUT2D eigenvalue weighted by atomic mass is 9.82. The van der Waals surface area contributed by atoms with Gasteiger partial charge in [-0.15, -0.1) is 0 Å². The predicted octanol–water partition coefficient (Wildman–Crippen LogP) is 11.9. The van der Waals surface area contributed by atoms with Crippen molar-refractivity contribution in [3.05, 3.63) is 169 Å². The molecule has 1 N–H and O–H groups in total. The number of anilines is 2. The van der Waals surface area contributed by atoms with Gasteiger partial charge < -0.3 is 5.32 Å². The van der Waals surface area contributed by atoms with Crippen LogP contribution in [0.25, 0.3) is 55.3 Å². The number of rotatable bonds is 5. The second-order valence-electron chi connectivity index (χ2n) is 12.3. The lowest BCUT2D eigenvalue weighted by Crippen LogP contribution is -2.14. The van der Waals surface area contributed by atoms with Crippen LogP contribution in [-0.2, 0) is 5.41 Å². The molecule has 1 nitrogen and oxygen atoms in total. The minimum absolute atomic E-state index is 0.00153. The first-order valence-electron chi connectivity index (χ1n) is 15.4. The summed E-state index contributed by atoms with van der Waals surface area (Å²) in [5.41, 5.74) is 15.0. The quantitative estimate of drug-likeness (QED) is 0.220. The summed E-state index contributed by atoms with van der Waals surface area (Å²) < 4.78 is 0. The van der Waals surface area contributed by atoms with E-state index in [0.29, 0.717) is 0 Å². The van der Waals surface area contributed by atoms with Crippen LogP contribution in [0.3, 0.4) is 0 Å². The highest BCUT2D eigenvalue weighted by Gasteiger charge is 2.36. The summed E-state index contributed by atoms with van der Waals surface area (Å²) in [7, 11) is 0. The summed E-state index contributed by atoms with van der Waals surface area (Å²) >= 11 is 0. The minimum atomic E-state index is -0.00153. The highest BCUT2D eigenvalue weighted by atomic mass is 14.9. The van der Waals surface area contributed by atoms with E-state index in [1.165, 1.54) is 66.4 Å². The van der Waals surface area contributed by atoms with Gasteiger partial charge in [-0.2, -0.15) is 0 Å². The fraction of sp³-hybridized carbons (Fsp3) is 0.0698. The van der Waals surface area contributed by atoms with Crippen LogP contribution in [0, 0.1) is 0 Å². The monoisotopic (exact) mass is 563 g/mol. The largest absolute Gasteiger partial charge is 0.355 e. The molecule has 0 bridgehead atoms. The molecule has 0 fully saturated rings. The lowest BCUT2D eigenvalue weighted by Gasteiger charge is -2.21. The predicted molar refractivity (Wildman–Crippen MR) is 188 cm³/mol. The van der Waals surface area contributed by atoms with Crippen molar-refractivity contribution in [2.45, 2.75) is 19.3 Å². The maximum atomic E-state index is 3.72. The van der Waals surface area contributed by atoms with Gasteiger partial charge in [-0.05, 0) is 79.0 Å². The Morgan fingerprint density at radius 1 is 0.409 bits per heavy atom. The first kappa shape index (κ1) is 26.2. The second kappa shape index (κ2) is 10.4. The minimum Gasteiger partial charge on any atom is -0.355 e. The van der Waals surface area contributed by atoms with Crippen LogP contribution >= 0.6 is 0 Å². The van der Waals surface area contributed by atoms with Crippen LogP contribution < -0.4 is 5.32 Å². The van der Waals surface area contributed by atoms with Gasteiger partial charge in [-0.25, -0.2) is 0 Å². The molecule has 0 aromatic heterocycles. The molecule has 0 aliphatic heterocycles. The molecule has 0 saturated carbocycles. The Bertz CT molecular complexity index is 2130. The van der Waals surface area contributed by atoms with E-state index < -0.39 is 0 Å². The van der Waals surface area contributed by atoms with Crippen LogP contribution in [0.5, 0.6) is 0 Å². The molecule has 0 spiro atoms. The fourth-order valence-electron chi connectivity index (χ4n) is 6.93. The number of benzene rings is 7. The van der Waals surface area contributed by atoms with Crippen molar-refractivity contribution in [2.24, 2.45) is 0 Å². The maximum absolute atomic E-state index is 3.72. The van der Waals surface area contributed by atoms with Crippen molar-refractivity contribution in [2.75, 3.05) is 5.32 Å². The van der Waals surface area contributed by atoms with Crippen LogP contribution in [-0.4, -0.2) is 0 Å². The standard InChI is InChI=1S/C43H33N/c1-43(2)39-14-6-5-12-38(39)42-40(43)15-8-16-41(42)44-35-27-25-32(26-28-35)30-19-17-29(18-20-30)31-21-23-34(24-22-31)37-13-7-10-33-9-3-4-11-36(33)37/h3-28,44H,1-2H3. The van der Waals surface area contributed by atoms with Gasteiger partial charge in [0.05, 0.1) is 0 Å². The fourth-order valence-corrected chi connectivity index (χ4v) is 6.93. The Hall–Kier alpha value is -5.40. The van der Waals surface area contributed by atoms with Gasteiger partial charge in [0.2, 0.25) is 0 Å². The smallest absolute Gasteiger partial charge is 0.0467 e. The molecule has 7 aromatic rings. The van der Waals surface area contributed by atoms with E-state index >= 15 is 0 Å². The molecule has 44 heavy (non-hydrogen) atoms. The Kier molecular flexibility index (Phi) is 6.20. The molecule has 0 unspecified atom stereocenters. The van der Waals surface area contributed by atoms with Crippen LogP contribution in [0.1, 0.15) is 25.0 Å². The third-order valence-corrected chi connectivity index (χ3v) is 9.31. The zero-order valence-electron chi connectivity index (χ0n) is 25.0. The van der Waals surface area contributed by atoms with Crippen molar-refractivity contribution in [3.63, 3.8) is 0 Å². The summed E-state index contributed by atoms with van der Waals surface area (Å²) in [6, 6.07) is 57.1. The van der Waals surface area contributed by atoms with Crippen LogP contribution in [0.15, 0.2) is 158 Å². The molecule has 8 rings (SSSR count). The van der Waals surface area contributed by atoms with E-state index in [2.05, 4.69) is 177 Å². The molecular weight excluding hydrogens is 530 g/mol. The van der Waals surface area contributed by atoms with E-state index in [1.54, 1.807) is 0 Å². The van der Waals surface area contributed by atoms with Gasteiger partial charge >= 0.3 is 0 Å². The van der Waals surface area contributed by atoms with E-state index in [4.69, 9.17) is 0 Å². The first-order chi connectivity index (χ1) is 21.6. The molecule has 0 heterocycles. The second-order valence-corrected chi connectivity index (χ2v) is 12.3. The van der Waals surface area contributed by atoms with Gasteiger partial charge in [0.1, 0.15) is 0 Å². The van der Waals surface area contributed by atoms with Gasteiger partial charge in [-0.3, -0.25) is 0 Å². The average Bonchev–Trinajstić information content (AvgIpc) is 3.32. The highest BCUT2D eigenvalue weighted by molar-refractivity contribution is 5.97. The van der Waals surface area contributed by atoms with Crippen molar-refractivity contribution in [3.8, 4) is 44.5 Å². The Morgan fingerprint density at radius 3 is 1.61 bits per heavy atom. The molecule has 1 heteroatoms. The van der Waals surface area contributed by atoms with Crippen molar-refractivity contribution in [1.82, 2.24) is 0 Å². The molecule has 0 amide bonds. The molecule has 1 aliphatic rings. The third kappa shape index (κ3) is 4.41. The number of nitrogens with one attached hydrogen (secondary N) is 1. The van der Waals surface area contributed by atoms with Crippen LogP contribution in [0.4, 0.5) is 11.4 Å². The van der Waals surface area contributed by atoms with E-state index in [1.807, 2.05) is 0 Å². The van der Waals surface area contributed by atoms with Gasteiger partial charge in [0.25, 0.3) is 0 Å². The Balaban J connectivity index is 1.01. The van der Waals surface area contributed by atoms with Crippen LogP contribution in [0.2, 0.25) is 0 Å². The summed E-state index contributed by atoms with van der Waals surface area (Å²) in [5, 5.41) is 6.28. The Morgan fingerprint density at radius 2 is 0.909 bits per heavy atom. The zero-order valence-corrected chi connectivity index (χ0v) is 25.0. The normalized spacial score (nSPS) is 13.0. The van der Waals surface area contributed by atoms with Crippen molar-refractivity contribution < 1.29 is 0 Å². The zero-order chi connectivity index (χ0) is 29.7. The van der Waals surface area contributed by atoms with E-state index in [9.17, 15) is 0 Å². The number of hydrogen-bond donors (Lipinski definition) is 1. The SMILES string of the molecule is CC1(C)c2ccccc2-c2c(Nc3ccc(-c4ccc(-c5ccc(-c6cccc7ccccc67)cc5)cc4)cc3)cccc21. The molecule has 210 valence electrons. The molecule has 0 atom stereocenters. The van der Waals surface area contributed by atoms with Gasteiger partial charge in [0, 0.05) is 22.4 Å². The Labute approximate surface area is 259 Å². The highest BCUT2D eigenvalue weighted by Crippen LogP contribution is 2.51. The number of hydrogen-bond acceptors (Lipinski definition) is 1. The topological polar surface area (TPSA) is 12.0 Å². The molecule has 7 aromatic carbocycles. The third-order valence-electron chi connectivity index (χ3n) is 9.31. The first-order valence-corrected chi connectivity index (χ1v) is 15.4. The summed E-state index contributed by atoms with van der Waals surface area (Å²) in [6.07, 6.45) is 0. The van der Waals surface area contributed by atoms with Crippen molar-refractivity contribution >= 4 is 22.1 Å². The molecule has 0 saturated heterocycles. The number of fused-ring (bicyclic) bond motifs is 4. The maximum Gasteiger partial charge on any atom is 0.0467 e. The van der Waals surface area contributed by atoms with Crippen molar-refractivity contribution in [1.29, 1.82) is 0 Å².